The van der Waals surface area contributed by atoms with Crippen molar-refractivity contribution >= 4 is 10.9 Å². The average Bonchev–Trinajstić information content (AvgIpc) is 2.47. The molecule has 0 amide bonds. The summed E-state index contributed by atoms with van der Waals surface area (Å²) in [5.74, 6) is 0. The monoisotopic (exact) mass is 155 g/mol. The standard InChI is InChI=1S/C10H7N2/c11-6-5-9-7-8-3-1-2-4-10(8)12-9/h1-5,7,12H. The number of benzene rings is 1. The molecule has 0 saturated heterocycles. The molecule has 0 atom stereocenters. The fourth-order valence-corrected chi connectivity index (χ4v) is 1.24. The first-order valence-corrected chi connectivity index (χ1v) is 3.71. The first-order valence-electron chi connectivity index (χ1n) is 3.71. The van der Waals surface area contributed by atoms with E-state index in [4.69, 9.17) is 5.26 Å². The largest absolute Gasteiger partial charge is 0.357 e. The van der Waals surface area contributed by atoms with Crippen LogP contribution in [-0.4, -0.2) is 4.98 Å². The van der Waals surface area contributed by atoms with Gasteiger partial charge in [-0.3, -0.25) is 0 Å². The molecule has 0 bridgehead atoms. The summed E-state index contributed by atoms with van der Waals surface area (Å²) in [6.07, 6.45) is 1.50. The Morgan fingerprint density at radius 1 is 1.33 bits per heavy atom. The molecule has 2 heteroatoms. The zero-order valence-electron chi connectivity index (χ0n) is 6.41. The van der Waals surface area contributed by atoms with Gasteiger partial charge in [-0.15, -0.1) is 0 Å². The van der Waals surface area contributed by atoms with Crippen molar-refractivity contribution in [3.8, 4) is 6.07 Å². The Morgan fingerprint density at radius 3 is 2.92 bits per heavy atom. The fraction of sp³-hybridized carbons (Fsp3) is 0. The van der Waals surface area contributed by atoms with Gasteiger partial charge in [0.15, 0.2) is 0 Å². The summed E-state index contributed by atoms with van der Waals surface area (Å²) in [4.78, 5) is 3.12. The van der Waals surface area contributed by atoms with Crippen molar-refractivity contribution in [3.63, 3.8) is 0 Å². The van der Waals surface area contributed by atoms with E-state index in [0.717, 1.165) is 16.6 Å². The highest BCUT2D eigenvalue weighted by atomic mass is 14.7. The average molecular weight is 155 g/mol. The summed E-state index contributed by atoms with van der Waals surface area (Å²) in [5.41, 5.74) is 1.93. The lowest BCUT2D eigenvalue weighted by Crippen LogP contribution is -1.74. The van der Waals surface area contributed by atoms with Crippen molar-refractivity contribution < 1.29 is 0 Å². The Morgan fingerprint density at radius 2 is 2.17 bits per heavy atom. The molecule has 1 aromatic carbocycles. The minimum Gasteiger partial charge on any atom is -0.357 e. The second-order valence-corrected chi connectivity index (χ2v) is 2.59. The van der Waals surface area contributed by atoms with Crippen LogP contribution in [-0.2, 0) is 0 Å². The molecule has 0 spiro atoms. The van der Waals surface area contributed by atoms with E-state index in [2.05, 4.69) is 4.98 Å². The fourth-order valence-electron chi connectivity index (χ4n) is 1.24. The first kappa shape index (κ1) is 6.93. The molecule has 1 N–H and O–H groups in total. The third-order valence-electron chi connectivity index (χ3n) is 1.77. The molecular weight excluding hydrogens is 148 g/mol. The number of hydrogen-bond acceptors (Lipinski definition) is 1. The Kier molecular flexibility index (Phi) is 1.56. The van der Waals surface area contributed by atoms with Crippen LogP contribution in [0.3, 0.4) is 0 Å². The van der Waals surface area contributed by atoms with Crippen molar-refractivity contribution in [2.75, 3.05) is 0 Å². The van der Waals surface area contributed by atoms with E-state index in [9.17, 15) is 0 Å². The lowest BCUT2D eigenvalue weighted by molar-refractivity contribution is 1.33. The molecule has 57 valence electrons. The van der Waals surface area contributed by atoms with Crippen LogP contribution in [0.1, 0.15) is 5.69 Å². The highest BCUT2D eigenvalue weighted by Gasteiger charge is 1.97. The van der Waals surface area contributed by atoms with Crippen LogP contribution in [0, 0.1) is 17.8 Å². The Labute approximate surface area is 70.4 Å². The molecular formula is C10H7N2. The summed E-state index contributed by atoms with van der Waals surface area (Å²) in [6.45, 7) is 0. The molecule has 2 aromatic rings. The normalized spacial score (nSPS) is 9.92. The number of rotatable bonds is 1. The second kappa shape index (κ2) is 2.71. The van der Waals surface area contributed by atoms with Gasteiger partial charge in [0, 0.05) is 11.2 Å². The number of aromatic nitrogens is 1. The number of nitrogens with one attached hydrogen (secondary N) is 1. The molecule has 0 aliphatic heterocycles. The zero-order chi connectivity index (χ0) is 8.39. The molecule has 0 saturated carbocycles. The van der Waals surface area contributed by atoms with Crippen molar-refractivity contribution in [2.45, 2.75) is 0 Å². The van der Waals surface area contributed by atoms with Crippen LogP contribution < -0.4 is 0 Å². The number of aromatic amines is 1. The number of nitrogens with zero attached hydrogens (tertiary/aromatic N) is 1. The second-order valence-electron chi connectivity index (χ2n) is 2.59. The maximum atomic E-state index is 8.42. The summed E-state index contributed by atoms with van der Waals surface area (Å²) in [5, 5.41) is 9.56. The minimum atomic E-state index is 0.860. The molecule has 0 fully saturated rings. The number of H-pyrrole nitrogens is 1. The van der Waals surface area contributed by atoms with E-state index in [1.807, 2.05) is 36.4 Å². The van der Waals surface area contributed by atoms with Gasteiger partial charge in [-0.2, -0.15) is 5.26 Å². The van der Waals surface area contributed by atoms with Gasteiger partial charge < -0.3 is 4.98 Å². The predicted octanol–water partition coefficient (Wildman–Crippen LogP) is 2.24. The van der Waals surface area contributed by atoms with Gasteiger partial charge in [0.1, 0.15) is 6.42 Å². The van der Waals surface area contributed by atoms with Crippen molar-refractivity contribution in [1.82, 2.24) is 4.98 Å². The number of para-hydroxylation sites is 1. The van der Waals surface area contributed by atoms with Gasteiger partial charge in [-0.05, 0) is 17.5 Å². The molecule has 1 heterocycles. The van der Waals surface area contributed by atoms with E-state index < -0.39 is 0 Å². The van der Waals surface area contributed by atoms with Gasteiger partial charge in [-0.25, -0.2) is 0 Å². The van der Waals surface area contributed by atoms with E-state index in [1.54, 1.807) is 0 Å². The van der Waals surface area contributed by atoms with Crippen LogP contribution >= 0.6 is 0 Å². The third-order valence-corrected chi connectivity index (χ3v) is 1.77. The Bertz CT molecular complexity index is 401. The summed E-state index contributed by atoms with van der Waals surface area (Å²) in [7, 11) is 0. The lowest BCUT2D eigenvalue weighted by atomic mass is 10.2. The topological polar surface area (TPSA) is 39.6 Å². The molecule has 12 heavy (non-hydrogen) atoms. The molecule has 2 nitrogen and oxygen atoms in total. The summed E-state index contributed by atoms with van der Waals surface area (Å²) >= 11 is 0. The van der Waals surface area contributed by atoms with Crippen LogP contribution in [0.5, 0.6) is 0 Å². The Hall–Kier alpha value is -1.75. The van der Waals surface area contributed by atoms with Crippen molar-refractivity contribution in [2.24, 2.45) is 0 Å². The SMILES string of the molecule is N#C[CH]c1cc2ccccc2[nH]1. The van der Waals surface area contributed by atoms with Crippen molar-refractivity contribution in [3.05, 3.63) is 42.4 Å². The molecule has 0 unspecified atom stereocenters. The van der Waals surface area contributed by atoms with E-state index in [0.29, 0.717) is 0 Å². The highest BCUT2D eigenvalue weighted by molar-refractivity contribution is 5.80. The highest BCUT2D eigenvalue weighted by Crippen LogP contribution is 2.14. The molecule has 2 rings (SSSR count). The maximum Gasteiger partial charge on any atom is 0.108 e. The van der Waals surface area contributed by atoms with Gasteiger partial charge in [0.05, 0.1) is 6.07 Å². The van der Waals surface area contributed by atoms with E-state index in [-0.39, 0.29) is 0 Å². The summed E-state index contributed by atoms with van der Waals surface area (Å²) < 4.78 is 0. The quantitative estimate of drug-likeness (QED) is 0.674. The number of fused-ring (bicyclic) bond motifs is 1. The van der Waals surface area contributed by atoms with Crippen LogP contribution in [0.2, 0.25) is 0 Å². The van der Waals surface area contributed by atoms with Crippen LogP contribution in [0.25, 0.3) is 10.9 Å². The van der Waals surface area contributed by atoms with Gasteiger partial charge in [-0.1, -0.05) is 18.2 Å². The van der Waals surface area contributed by atoms with Crippen LogP contribution in [0.4, 0.5) is 0 Å². The third kappa shape index (κ3) is 1.06. The minimum absolute atomic E-state index is 0.860. The molecule has 0 aliphatic rings. The van der Waals surface area contributed by atoms with Gasteiger partial charge in [0.2, 0.25) is 0 Å². The Balaban J connectivity index is 2.56. The first-order chi connectivity index (χ1) is 5.90. The van der Waals surface area contributed by atoms with Crippen molar-refractivity contribution in [1.29, 1.82) is 5.26 Å². The molecule has 1 radical (unpaired) electrons. The van der Waals surface area contributed by atoms with Crippen LogP contribution in [0.15, 0.2) is 30.3 Å². The molecule has 0 aliphatic carbocycles. The maximum absolute atomic E-state index is 8.42. The van der Waals surface area contributed by atoms with Gasteiger partial charge >= 0.3 is 0 Å². The number of nitriles is 1. The summed E-state index contributed by atoms with van der Waals surface area (Å²) in [6, 6.07) is 11.9. The molecule has 1 aromatic heterocycles. The van der Waals surface area contributed by atoms with Gasteiger partial charge in [0.25, 0.3) is 0 Å². The smallest absolute Gasteiger partial charge is 0.108 e. The van der Waals surface area contributed by atoms with E-state index in [1.165, 1.54) is 6.42 Å². The zero-order valence-corrected chi connectivity index (χ0v) is 6.41. The van der Waals surface area contributed by atoms with E-state index >= 15 is 0 Å². The lowest BCUT2D eigenvalue weighted by Gasteiger charge is -1.84. The number of hydrogen-bond donors (Lipinski definition) is 1. The predicted molar refractivity (Wildman–Crippen MR) is 47.3 cm³/mol.